The number of benzene rings is 3. The lowest BCUT2D eigenvalue weighted by atomic mass is 10.1. The summed E-state index contributed by atoms with van der Waals surface area (Å²) in [5, 5.41) is 5.73. The Labute approximate surface area is 209 Å². The summed E-state index contributed by atoms with van der Waals surface area (Å²) in [4.78, 5) is 24.0. The van der Waals surface area contributed by atoms with Crippen molar-refractivity contribution in [1.82, 2.24) is 9.88 Å². The van der Waals surface area contributed by atoms with Crippen LogP contribution in [0, 0.1) is 5.82 Å². The van der Waals surface area contributed by atoms with Crippen molar-refractivity contribution in [3.8, 4) is 22.7 Å². The highest BCUT2D eigenvalue weighted by atomic mass is 19.1. The fourth-order valence-electron chi connectivity index (χ4n) is 4.00. The van der Waals surface area contributed by atoms with Gasteiger partial charge in [0, 0.05) is 37.0 Å². The van der Waals surface area contributed by atoms with Crippen LogP contribution in [0.2, 0.25) is 0 Å². The molecule has 3 aromatic carbocycles. The number of methoxy groups -OCH3 is 1. The van der Waals surface area contributed by atoms with Crippen LogP contribution in [0.4, 0.5) is 10.1 Å². The number of nitrogens with one attached hydrogen (secondary N) is 2. The highest BCUT2D eigenvalue weighted by Crippen LogP contribution is 2.28. The third kappa shape index (κ3) is 6.18. The highest BCUT2D eigenvalue weighted by Gasteiger charge is 2.14. The number of carbonyl (C=O) groups excluding carboxylic acids is 2. The van der Waals surface area contributed by atoms with Gasteiger partial charge in [-0.25, -0.2) is 4.39 Å². The molecule has 4 aromatic rings. The lowest BCUT2D eigenvalue weighted by Gasteiger charge is -2.15. The van der Waals surface area contributed by atoms with Crippen LogP contribution in [0.25, 0.3) is 16.9 Å². The molecule has 2 amide bonds. The van der Waals surface area contributed by atoms with Crippen LogP contribution < -0.4 is 15.4 Å². The van der Waals surface area contributed by atoms with Gasteiger partial charge in [0.15, 0.2) is 0 Å². The van der Waals surface area contributed by atoms with Crippen molar-refractivity contribution < 1.29 is 18.7 Å². The lowest BCUT2D eigenvalue weighted by molar-refractivity contribution is -0.121. The minimum atomic E-state index is -0.301. The second-order valence-electron chi connectivity index (χ2n) is 8.41. The van der Waals surface area contributed by atoms with E-state index in [0.29, 0.717) is 25.1 Å². The molecule has 4 rings (SSSR count). The number of nitrogens with zero attached hydrogens (tertiary/aromatic N) is 1. The van der Waals surface area contributed by atoms with Gasteiger partial charge in [-0.2, -0.15) is 0 Å². The van der Waals surface area contributed by atoms with Gasteiger partial charge in [-0.15, -0.1) is 0 Å². The first kappa shape index (κ1) is 24.7. The van der Waals surface area contributed by atoms with Crippen molar-refractivity contribution in [2.45, 2.75) is 26.3 Å². The molecule has 184 valence electrons. The predicted octanol–water partition coefficient (Wildman–Crippen LogP) is 5.50. The number of aryl methyl sites for hydroxylation is 1. The third-order valence-electron chi connectivity index (χ3n) is 5.80. The topological polar surface area (TPSA) is 72.4 Å². The van der Waals surface area contributed by atoms with Crippen molar-refractivity contribution in [3.63, 3.8) is 0 Å². The summed E-state index contributed by atoms with van der Waals surface area (Å²) in [7, 11) is 1.62. The zero-order chi connectivity index (χ0) is 25.5. The van der Waals surface area contributed by atoms with Gasteiger partial charge in [0.05, 0.1) is 12.8 Å². The molecule has 0 spiro atoms. The normalized spacial score (nSPS) is 10.6. The second kappa shape index (κ2) is 11.4. The van der Waals surface area contributed by atoms with Crippen molar-refractivity contribution >= 4 is 17.5 Å². The number of aromatic nitrogens is 1. The van der Waals surface area contributed by atoms with E-state index in [2.05, 4.69) is 15.2 Å². The van der Waals surface area contributed by atoms with Crippen molar-refractivity contribution in [2.24, 2.45) is 0 Å². The van der Waals surface area contributed by atoms with E-state index in [1.807, 2.05) is 60.7 Å². The minimum Gasteiger partial charge on any atom is -0.497 e. The minimum absolute atomic E-state index is 0.0529. The summed E-state index contributed by atoms with van der Waals surface area (Å²) in [5.41, 5.74) is 5.25. The number of amides is 2. The molecule has 0 aliphatic rings. The van der Waals surface area contributed by atoms with Crippen LogP contribution in [0.5, 0.6) is 5.75 Å². The Morgan fingerprint density at radius 1 is 0.889 bits per heavy atom. The van der Waals surface area contributed by atoms with Gasteiger partial charge in [-0.3, -0.25) is 9.59 Å². The SMILES string of the molecule is COc1ccc(CNC(=O)CCc2ccc(-c3ccc(F)cc3)n2-c2ccc(NC(C)=O)cc2)cc1. The molecule has 1 aromatic heterocycles. The molecule has 0 radical (unpaired) electrons. The van der Waals surface area contributed by atoms with E-state index >= 15 is 0 Å². The molecule has 0 saturated carbocycles. The molecule has 7 heteroatoms. The van der Waals surface area contributed by atoms with Crippen LogP contribution in [-0.2, 0) is 22.6 Å². The van der Waals surface area contributed by atoms with Gasteiger partial charge in [-0.1, -0.05) is 12.1 Å². The predicted molar refractivity (Wildman–Crippen MR) is 139 cm³/mol. The Bertz CT molecular complexity index is 1330. The maximum Gasteiger partial charge on any atom is 0.221 e. The van der Waals surface area contributed by atoms with E-state index in [0.717, 1.165) is 34.0 Å². The Kier molecular flexibility index (Phi) is 7.80. The van der Waals surface area contributed by atoms with Gasteiger partial charge in [-0.05, 0) is 90.3 Å². The summed E-state index contributed by atoms with van der Waals surface area (Å²) in [5.74, 6) is 0.276. The van der Waals surface area contributed by atoms with Gasteiger partial charge in [0.2, 0.25) is 11.8 Å². The van der Waals surface area contributed by atoms with Gasteiger partial charge >= 0.3 is 0 Å². The molecule has 0 saturated heterocycles. The smallest absolute Gasteiger partial charge is 0.221 e. The Morgan fingerprint density at radius 2 is 1.58 bits per heavy atom. The van der Waals surface area contributed by atoms with E-state index < -0.39 is 0 Å². The summed E-state index contributed by atoms with van der Waals surface area (Å²) in [6.45, 7) is 1.90. The molecular formula is C29H28FN3O3. The average molecular weight is 486 g/mol. The van der Waals surface area contributed by atoms with Gasteiger partial charge < -0.3 is 19.9 Å². The van der Waals surface area contributed by atoms with Crippen LogP contribution in [-0.4, -0.2) is 23.5 Å². The number of carbonyl (C=O) groups is 2. The fraction of sp³-hybridized carbons (Fsp3) is 0.172. The highest BCUT2D eigenvalue weighted by molar-refractivity contribution is 5.88. The average Bonchev–Trinajstić information content (AvgIpc) is 3.31. The number of anilines is 1. The molecule has 36 heavy (non-hydrogen) atoms. The number of halogens is 1. The van der Waals surface area contributed by atoms with Gasteiger partial charge in [0.1, 0.15) is 11.6 Å². The maximum atomic E-state index is 13.5. The van der Waals surface area contributed by atoms with E-state index in [9.17, 15) is 14.0 Å². The molecule has 0 unspecified atom stereocenters. The zero-order valence-corrected chi connectivity index (χ0v) is 20.3. The molecule has 0 aliphatic carbocycles. The summed E-state index contributed by atoms with van der Waals surface area (Å²) >= 11 is 0. The maximum absolute atomic E-state index is 13.5. The summed E-state index contributed by atoms with van der Waals surface area (Å²) < 4.78 is 20.8. The number of ether oxygens (including phenoxy) is 1. The largest absolute Gasteiger partial charge is 0.497 e. The summed E-state index contributed by atoms with van der Waals surface area (Å²) in [6, 6.07) is 25.3. The third-order valence-corrected chi connectivity index (χ3v) is 5.80. The Morgan fingerprint density at radius 3 is 2.22 bits per heavy atom. The quantitative estimate of drug-likeness (QED) is 0.329. The lowest BCUT2D eigenvalue weighted by Crippen LogP contribution is -2.23. The Balaban J connectivity index is 1.52. The second-order valence-corrected chi connectivity index (χ2v) is 8.41. The molecule has 6 nitrogen and oxygen atoms in total. The van der Waals surface area contributed by atoms with E-state index in [-0.39, 0.29) is 17.6 Å². The van der Waals surface area contributed by atoms with E-state index in [1.54, 1.807) is 19.2 Å². The van der Waals surface area contributed by atoms with Crippen molar-refractivity contribution in [1.29, 1.82) is 0 Å². The molecule has 0 bridgehead atoms. The molecule has 2 N–H and O–H groups in total. The monoisotopic (exact) mass is 485 g/mol. The molecule has 0 atom stereocenters. The Hall–Kier alpha value is -4.39. The molecule has 0 aliphatic heterocycles. The standard InChI is InChI=1S/C29H28FN3O3/c1-20(34)32-24-9-11-25(12-10-24)33-26(13-17-28(33)22-5-7-23(30)8-6-22)14-18-29(35)31-19-21-3-15-27(36-2)16-4-21/h3-13,15-17H,14,18-19H2,1-2H3,(H,31,35)(H,32,34). The molecule has 0 fully saturated rings. The first-order valence-electron chi connectivity index (χ1n) is 11.7. The van der Waals surface area contributed by atoms with Crippen LogP contribution in [0.15, 0.2) is 84.9 Å². The van der Waals surface area contributed by atoms with Crippen LogP contribution >= 0.6 is 0 Å². The number of hydrogen-bond acceptors (Lipinski definition) is 3. The zero-order valence-electron chi connectivity index (χ0n) is 20.3. The van der Waals surface area contributed by atoms with Crippen molar-refractivity contribution in [3.05, 3.63) is 102 Å². The van der Waals surface area contributed by atoms with Crippen molar-refractivity contribution in [2.75, 3.05) is 12.4 Å². The van der Waals surface area contributed by atoms with Crippen LogP contribution in [0.3, 0.4) is 0 Å². The number of rotatable bonds is 9. The van der Waals surface area contributed by atoms with E-state index in [1.165, 1.54) is 19.1 Å². The first-order valence-corrected chi connectivity index (χ1v) is 11.7. The van der Waals surface area contributed by atoms with Gasteiger partial charge in [0.25, 0.3) is 0 Å². The first-order chi connectivity index (χ1) is 17.4. The van der Waals surface area contributed by atoms with E-state index in [4.69, 9.17) is 4.74 Å². The van der Waals surface area contributed by atoms with Crippen LogP contribution in [0.1, 0.15) is 24.6 Å². The molecular weight excluding hydrogens is 457 g/mol. The fourth-order valence-corrected chi connectivity index (χ4v) is 4.00. The number of hydrogen-bond donors (Lipinski definition) is 2. The molecule has 1 heterocycles. The summed E-state index contributed by atoms with van der Waals surface area (Å²) in [6.07, 6.45) is 0.829.